The molecule has 1 aromatic carbocycles. The maximum Gasteiger partial charge on any atom is 0.318 e. The Hall–Kier alpha value is -1.31. The number of hydrogen-bond donors (Lipinski definition) is 1. The van der Waals surface area contributed by atoms with Gasteiger partial charge in [-0.15, -0.1) is 0 Å². The van der Waals surface area contributed by atoms with Crippen LogP contribution < -0.4 is 5.32 Å². The van der Waals surface area contributed by atoms with Crippen LogP contribution in [0, 0.1) is 0 Å². The monoisotopic (exact) mass is 413 g/mol. The molecule has 1 aromatic rings. The van der Waals surface area contributed by atoms with Gasteiger partial charge in [0.1, 0.15) is 0 Å². The molecule has 0 radical (unpaired) electrons. The first-order valence-electron chi connectivity index (χ1n) is 9.78. The van der Waals surface area contributed by atoms with Crippen molar-refractivity contribution in [3.05, 3.63) is 29.3 Å². The van der Waals surface area contributed by atoms with Crippen LogP contribution in [0.3, 0.4) is 0 Å². The molecule has 0 bridgehead atoms. The highest BCUT2D eigenvalue weighted by Gasteiger charge is 2.37. The lowest BCUT2D eigenvalue weighted by atomic mass is 9.94. The molecule has 3 rings (SSSR count). The predicted molar refractivity (Wildman–Crippen MR) is 106 cm³/mol. The fourth-order valence-corrected chi connectivity index (χ4v) is 5.84. The maximum atomic E-state index is 13.0. The van der Waals surface area contributed by atoms with Crippen molar-refractivity contribution in [1.82, 2.24) is 14.5 Å². The predicted octanol–water partition coefficient (Wildman–Crippen LogP) is 3.81. The fourth-order valence-electron chi connectivity index (χ4n) is 4.10. The molecule has 1 saturated heterocycles. The van der Waals surface area contributed by atoms with Gasteiger partial charge in [-0.3, -0.25) is 0 Å². The van der Waals surface area contributed by atoms with E-state index in [0.717, 1.165) is 32.1 Å². The molecule has 0 aromatic heterocycles. The Balaban J connectivity index is 1.71. The van der Waals surface area contributed by atoms with Gasteiger partial charge in [0.25, 0.3) is 0 Å². The molecule has 150 valence electrons. The molecule has 2 aliphatic rings. The number of amides is 2. The van der Waals surface area contributed by atoms with Crippen LogP contribution in [0.2, 0.25) is 5.02 Å². The highest BCUT2D eigenvalue weighted by molar-refractivity contribution is 7.89. The minimum absolute atomic E-state index is 0.160. The van der Waals surface area contributed by atoms with Crippen molar-refractivity contribution in [2.45, 2.75) is 69.0 Å². The number of rotatable bonds is 5. The van der Waals surface area contributed by atoms with Gasteiger partial charge in [0.15, 0.2) is 0 Å². The third kappa shape index (κ3) is 4.58. The Morgan fingerprint density at radius 2 is 1.81 bits per heavy atom. The average Bonchev–Trinajstić information content (AvgIpc) is 3.12. The van der Waals surface area contributed by atoms with Gasteiger partial charge in [0.05, 0.1) is 11.1 Å². The van der Waals surface area contributed by atoms with Crippen molar-refractivity contribution >= 4 is 27.7 Å². The lowest BCUT2D eigenvalue weighted by molar-refractivity contribution is 0.151. The van der Waals surface area contributed by atoms with Gasteiger partial charge >= 0.3 is 6.03 Å². The van der Waals surface area contributed by atoms with Gasteiger partial charge in [-0.25, -0.2) is 13.2 Å². The molecule has 27 heavy (non-hydrogen) atoms. The van der Waals surface area contributed by atoms with E-state index in [1.54, 1.807) is 12.1 Å². The number of carbonyl (C=O) groups is 1. The third-order valence-electron chi connectivity index (χ3n) is 5.53. The van der Waals surface area contributed by atoms with E-state index < -0.39 is 16.2 Å². The number of benzene rings is 1. The molecule has 8 heteroatoms. The first kappa shape index (κ1) is 20.4. The molecule has 1 aliphatic heterocycles. The van der Waals surface area contributed by atoms with Crippen molar-refractivity contribution < 1.29 is 13.2 Å². The van der Waals surface area contributed by atoms with Gasteiger partial charge in [0, 0.05) is 24.2 Å². The van der Waals surface area contributed by atoms with Gasteiger partial charge in [0.2, 0.25) is 10.0 Å². The lowest BCUT2D eigenvalue weighted by Crippen LogP contribution is -2.53. The van der Waals surface area contributed by atoms with Crippen LogP contribution in [0.15, 0.2) is 29.2 Å². The highest BCUT2D eigenvalue weighted by Crippen LogP contribution is 2.27. The second kappa shape index (κ2) is 8.80. The smallest absolute Gasteiger partial charge is 0.318 e. The Bertz CT molecular complexity index is 748. The Labute approximate surface area is 166 Å². The van der Waals surface area contributed by atoms with E-state index in [-0.39, 0.29) is 17.0 Å². The fraction of sp³-hybridized carbons (Fsp3) is 0.632. The molecule has 1 heterocycles. The maximum absolute atomic E-state index is 13.0. The van der Waals surface area contributed by atoms with E-state index in [9.17, 15) is 13.2 Å². The van der Waals surface area contributed by atoms with Crippen LogP contribution in [-0.2, 0) is 10.0 Å². The SMILES string of the molecule is CCN(C(=O)N[C@H]1CCCN1S(=O)(=O)c1ccc(Cl)cc1)C1CCCCC1. The second-order valence-electron chi connectivity index (χ2n) is 7.26. The van der Waals surface area contributed by atoms with Crippen LogP contribution in [-0.4, -0.2) is 49.0 Å². The van der Waals surface area contributed by atoms with Crippen LogP contribution in [0.25, 0.3) is 0 Å². The highest BCUT2D eigenvalue weighted by atomic mass is 35.5. The van der Waals surface area contributed by atoms with Crippen molar-refractivity contribution in [1.29, 1.82) is 0 Å². The van der Waals surface area contributed by atoms with Crippen molar-refractivity contribution in [2.24, 2.45) is 0 Å². The van der Waals surface area contributed by atoms with Crippen LogP contribution in [0.1, 0.15) is 51.9 Å². The molecule has 0 unspecified atom stereocenters. The van der Waals surface area contributed by atoms with E-state index >= 15 is 0 Å². The quantitative estimate of drug-likeness (QED) is 0.797. The number of sulfonamides is 1. The third-order valence-corrected chi connectivity index (χ3v) is 7.71. The van der Waals surface area contributed by atoms with Gasteiger partial charge in [-0.2, -0.15) is 4.31 Å². The van der Waals surface area contributed by atoms with Crippen LogP contribution in [0.5, 0.6) is 0 Å². The summed E-state index contributed by atoms with van der Waals surface area (Å²) in [5.74, 6) is 0. The number of urea groups is 1. The van der Waals surface area contributed by atoms with Crippen LogP contribution >= 0.6 is 11.6 Å². The summed E-state index contributed by atoms with van der Waals surface area (Å²) in [4.78, 5) is 14.9. The van der Waals surface area contributed by atoms with Gasteiger partial charge < -0.3 is 10.2 Å². The summed E-state index contributed by atoms with van der Waals surface area (Å²) < 4.78 is 27.4. The standard InChI is InChI=1S/C19H28ClN3O3S/c1-2-22(16-7-4-3-5-8-16)19(24)21-18-9-6-14-23(18)27(25,26)17-12-10-15(20)11-13-17/h10-13,16,18H,2-9,14H2,1H3,(H,21,24)/t18-/m1/s1. The van der Waals surface area contributed by atoms with E-state index in [1.807, 2.05) is 11.8 Å². The number of hydrogen-bond acceptors (Lipinski definition) is 3. The summed E-state index contributed by atoms with van der Waals surface area (Å²) in [5.41, 5.74) is 0. The van der Waals surface area contributed by atoms with E-state index in [4.69, 9.17) is 11.6 Å². The summed E-state index contributed by atoms with van der Waals surface area (Å²) in [6.45, 7) is 3.02. The Kier molecular flexibility index (Phi) is 6.65. The van der Waals surface area contributed by atoms with Crippen molar-refractivity contribution in [3.8, 4) is 0 Å². The Morgan fingerprint density at radius 3 is 2.44 bits per heavy atom. The molecular weight excluding hydrogens is 386 g/mol. The molecular formula is C19H28ClN3O3S. The Morgan fingerprint density at radius 1 is 1.15 bits per heavy atom. The van der Waals surface area contributed by atoms with E-state index in [0.29, 0.717) is 24.5 Å². The van der Waals surface area contributed by atoms with Crippen LogP contribution in [0.4, 0.5) is 4.79 Å². The first-order valence-corrected chi connectivity index (χ1v) is 11.6. The second-order valence-corrected chi connectivity index (χ2v) is 9.58. The number of halogens is 1. The first-order chi connectivity index (χ1) is 12.9. The molecule has 1 N–H and O–H groups in total. The summed E-state index contributed by atoms with van der Waals surface area (Å²) in [5, 5.41) is 3.46. The average molecular weight is 414 g/mol. The van der Waals surface area contributed by atoms with Crippen molar-refractivity contribution in [2.75, 3.05) is 13.1 Å². The number of nitrogens with one attached hydrogen (secondary N) is 1. The molecule has 1 aliphatic carbocycles. The van der Waals surface area contributed by atoms with E-state index in [1.165, 1.54) is 22.9 Å². The number of carbonyl (C=O) groups excluding carboxylic acids is 1. The minimum Gasteiger partial charge on any atom is -0.322 e. The molecule has 2 amide bonds. The summed E-state index contributed by atoms with van der Waals surface area (Å²) in [6, 6.07) is 6.25. The normalized spacial score (nSPS) is 21.9. The zero-order chi connectivity index (χ0) is 19.4. The summed E-state index contributed by atoms with van der Waals surface area (Å²) in [7, 11) is -3.67. The van der Waals surface area contributed by atoms with Gasteiger partial charge in [-0.05, 0) is 56.9 Å². The largest absolute Gasteiger partial charge is 0.322 e. The zero-order valence-corrected chi connectivity index (χ0v) is 17.3. The topological polar surface area (TPSA) is 69.7 Å². The summed E-state index contributed by atoms with van der Waals surface area (Å²) >= 11 is 5.87. The van der Waals surface area contributed by atoms with Gasteiger partial charge in [-0.1, -0.05) is 30.9 Å². The number of nitrogens with zero attached hydrogens (tertiary/aromatic N) is 2. The molecule has 1 atom stereocenters. The van der Waals surface area contributed by atoms with Crippen molar-refractivity contribution in [3.63, 3.8) is 0 Å². The van der Waals surface area contributed by atoms with E-state index in [2.05, 4.69) is 5.32 Å². The molecule has 1 saturated carbocycles. The molecule has 2 fully saturated rings. The summed E-state index contributed by atoms with van der Waals surface area (Å²) in [6.07, 6.45) is 6.43. The zero-order valence-electron chi connectivity index (χ0n) is 15.7. The lowest BCUT2D eigenvalue weighted by Gasteiger charge is -2.35. The molecule has 0 spiro atoms. The molecule has 6 nitrogen and oxygen atoms in total. The minimum atomic E-state index is -3.67.